The highest BCUT2D eigenvalue weighted by Gasteiger charge is 2.54. The molecule has 0 aromatic carbocycles. The van der Waals surface area contributed by atoms with E-state index in [0.717, 1.165) is 0 Å². The molecular formula is C7H10N2O4. The van der Waals surface area contributed by atoms with Crippen LogP contribution in [0.2, 0.25) is 0 Å². The summed E-state index contributed by atoms with van der Waals surface area (Å²) in [6.45, 7) is 1.91. The molecule has 0 bridgehead atoms. The van der Waals surface area contributed by atoms with Crippen LogP contribution < -0.4 is 0 Å². The Hall–Kier alpha value is -1.46. The van der Waals surface area contributed by atoms with Gasteiger partial charge in [-0.25, -0.2) is 9.59 Å². The number of likely N-dealkylation sites (tertiary alicyclic amines) is 2. The van der Waals surface area contributed by atoms with Gasteiger partial charge in [-0.3, -0.25) is 0 Å². The quantitative estimate of drug-likeness (QED) is 0.556. The number of amides is 2. The van der Waals surface area contributed by atoms with Gasteiger partial charge >= 0.3 is 12.2 Å². The summed E-state index contributed by atoms with van der Waals surface area (Å²) < 4.78 is 0. The molecule has 2 N–H and O–H groups in total. The van der Waals surface area contributed by atoms with Gasteiger partial charge in [-0.1, -0.05) is 0 Å². The lowest BCUT2D eigenvalue weighted by Gasteiger charge is -2.58. The number of carbonyl (C=O) groups is 2. The monoisotopic (exact) mass is 186 g/mol. The van der Waals surface area contributed by atoms with E-state index in [1.165, 1.54) is 9.80 Å². The first kappa shape index (κ1) is 8.15. The number of hydrogen-bond donors (Lipinski definition) is 2. The molecule has 6 heteroatoms. The fourth-order valence-electron chi connectivity index (χ4n) is 2.00. The molecule has 2 saturated heterocycles. The molecule has 13 heavy (non-hydrogen) atoms. The molecule has 72 valence electrons. The summed E-state index contributed by atoms with van der Waals surface area (Å²) in [5.41, 5.74) is -0.0588. The minimum absolute atomic E-state index is 0.0588. The van der Waals surface area contributed by atoms with E-state index in [1.807, 2.05) is 0 Å². The van der Waals surface area contributed by atoms with E-state index < -0.39 is 12.2 Å². The Morgan fingerprint density at radius 2 is 1.23 bits per heavy atom. The fraction of sp³-hybridized carbons (Fsp3) is 0.714. The van der Waals surface area contributed by atoms with Crippen LogP contribution in [0.25, 0.3) is 0 Å². The molecule has 1 spiro atoms. The second-order valence-electron chi connectivity index (χ2n) is 3.78. The molecule has 0 aromatic rings. The van der Waals surface area contributed by atoms with Gasteiger partial charge in [0.2, 0.25) is 0 Å². The van der Waals surface area contributed by atoms with Crippen molar-refractivity contribution in [1.29, 1.82) is 0 Å². The van der Waals surface area contributed by atoms with Crippen molar-refractivity contribution in [2.45, 2.75) is 0 Å². The Morgan fingerprint density at radius 1 is 0.923 bits per heavy atom. The summed E-state index contributed by atoms with van der Waals surface area (Å²) in [4.78, 5) is 23.5. The maximum absolute atomic E-state index is 10.4. The lowest BCUT2D eigenvalue weighted by atomic mass is 9.73. The van der Waals surface area contributed by atoms with Crippen LogP contribution in [-0.2, 0) is 0 Å². The molecule has 6 nitrogen and oxygen atoms in total. The number of hydrogen-bond acceptors (Lipinski definition) is 2. The third-order valence-corrected chi connectivity index (χ3v) is 2.65. The van der Waals surface area contributed by atoms with Crippen molar-refractivity contribution in [3.8, 4) is 0 Å². The Kier molecular flexibility index (Phi) is 1.43. The largest absolute Gasteiger partial charge is 0.465 e. The molecular weight excluding hydrogens is 176 g/mol. The highest BCUT2D eigenvalue weighted by molar-refractivity contribution is 5.69. The predicted octanol–water partition coefficient (Wildman–Crippen LogP) is -0.0400. The predicted molar refractivity (Wildman–Crippen MR) is 41.6 cm³/mol. The normalized spacial score (nSPS) is 23.7. The van der Waals surface area contributed by atoms with Crippen LogP contribution in [0.1, 0.15) is 0 Å². The smallest absolute Gasteiger partial charge is 0.407 e. The topological polar surface area (TPSA) is 81.1 Å². The minimum atomic E-state index is -0.917. The van der Waals surface area contributed by atoms with E-state index in [9.17, 15) is 9.59 Å². The lowest BCUT2D eigenvalue weighted by molar-refractivity contribution is -0.0883. The van der Waals surface area contributed by atoms with Crippen molar-refractivity contribution in [3.63, 3.8) is 0 Å². The molecule has 2 aliphatic rings. The average Bonchev–Trinajstić information content (AvgIpc) is 1.78. The van der Waals surface area contributed by atoms with Gasteiger partial charge in [0.15, 0.2) is 0 Å². The van der Waals surface area contributed by atoms with Crippen LogP contribution in [0, 0.1) is 5.41 Å². The van der Waals surface area contributed by atoms with Crippen LogP contribution in [0.4, 0.5) is 9.59 Å². The number of rotatable bonds is 0. The van der Waals surface area contributed by atoms with Crippen LogP contribution in [0.5, 0.6) is 0 Å². The summed E-state index contributed by atoms with van der Waals surface area (Å²) in [6, 6.07) is 0. The minimum Gasteiger partial charge on any atom is -0.465 e. The SMILES string of the molecule is O=C(O)N1CC2(C1)CN(C(=O)O)C2. The lowest BCUT2D eigenvalue weighted by Crippen LogP contribution is -2.73. The second kappa shape index (κ2) is 2.27. The van der Waals surface area contributed by atoms with Crippen LogP contribution >= 0.6 is 0 Å². The third-order valence-electron chi connectivity index (χ3n) is 2.65. The van der Waals surface area contributed by atoms with Gasteiger partial charge in [0.25, 0.3) is 0 Å². The summed E-state index contributed by atoms with van der Waals surface area (Å²) in [7, 11) is 0. The van der Waals surface area contributed by atoms with Gasteiger partial charge < -0.3 is 20.0 Å². The summed E-state index contributed by atoms with van der Waals surface area (Å²) in [6.07, 6.45) is -1.83. The van der Waals surface area contributed by atoms with Crippen LogP contribution in [-0.4, -0.2) is 58.4 Å². The molecule has 0 atom stereocenters. The van der Waals surface area contributed by atoms with Crippen LogP contribution in [0.15, 0.2) is 0 Å². The van der Waals surface area contributed by atoms with Crippen LogP contribution in [0.3, 0.4) is 0 Å². The summed E-state index contributed by atoms with van der Waals surface area (Å²) in [5, 5.41) is 17.1. The Labute approximate surface area is 74.3 Å². The zero-order valence-electron chi connectivity index (χ0n) is 6.93. The van der Waals surface area contributed by atoms with Crippen molar-refractivity contribution < 1.29 is 19.8 Å². The Morgan fingerprint density at radius 3 is 1.46 bits per heavy atom. The highest BCUT2D eigenvalue weighted by Crippen LogP contribution is 2.39. The van der Waals surface area contributed by atoms with Gasteiger partial charge in [0.05, 0.1) is 0 Å². The highest BCUT2D eigenvalue weighted by atomic mass is 16.4. The molecule has 0 aliphatic carbocycles. The Bertz CT molecular complexity index is 234. The van der Waals surface area contributed by atoms with Gasteiger partial charge in [-0.2, -0.15) is 0 Å². The zero-order chi connectivity index (χ0) is 9.64. The van der Waals surface area contributed by atoms with E-state index in [1.54, 1.807) is 0 Å². The maximum Gasteiger partial charge on any atom is 0.407 e. The first-order valence-corrected chi connectivity index (χ1v) is 3.98. The first-order chi connectivity index (χ1) is 6.02. The van der Waals surface area contributed by atoms with Gasteiger partial charge in [0.1, 0.15) is 0 Å². The molecule has 0 aromatic heterocycles. The molecule has 0 radical (unpaired) electrons. The van der Waals surface area contributed by atoms with Gasteiger partial charge in [-0.15, -0.1) is 0 Å². The third kappa shape index (κ3) is 1.09. The number of carboxylic acid groups (broad SMARTS) is 2. The average molecular weight is 186 g/mol. The fourth-order valence-corrected chi connectivity index (χ4v) is 2.00. The maximum atomic E-state index is 10.4. The van der Waals surface area contributed by atoms with E-state index in [2.05, 4.69) is 0 Å². The molecule has 0 saturated carbocycles. The molecule has 2 fully saturated rings. The van der Waals surface area contributed by atoms with Gasteiger partial charge in [0, 0.05) is 31.6 Å². The standard InChI is InChI=1S/C7H10N2O4/c10-5(11)8-1-7(2-8)3-9(4-7)6(12)13/h1-4H2,(H,10,11)(H,12,13). The Balaban J connectivity index is 1.82. The van der Waals surface area contributed by atoms with Crippen molar-refractivity contribution in [3.05, 3.63) is 0 Å². The van der Waals surface area contributed by atoms with E-state index in [-0.39, 0.29) is 5.41 Å². The summed E-state index contributed by atoms with van der Waals surface area (Å²) >= 11 is 0. The second-order valence-corrected chi connectivity index (χ2v) is 3.78. The van der Waals surface area contributed by atoms with Crippen molar-refractivity contribution in [1.82, 2.24) is 9.80 Å². The van der Waals surface area contributed by atoms with Crippen molar-refractivity contribution in [2.75, 3.05) is 26.2 Å². The summed E-state index contributed by atoms with van der Waals surface area (Å²) in [5.74, 6) is 0. The molecule has 2 aliphatic heterocycles. The number of nitrogens with zero attached hydrogens (tertiary/aromatic N) is 2. The van der Waals surface area contributed by atoms with Gasteiger partial charge in [-0.05, 0) is 0 Å². The molecule has 2 rings (SSSR count). The van der Waals surface area contributed by atoms with E-state index in [0.29, 0.717) is 26.2 Å². The molecule has 0 unspecified atom stereocenters. The molecule has 2 amide bonds. The zero-order valence-corrected chi connectivity index (χ0v) is 6.93. The molecule has 2 heterocycles. The van der Waals surface area contributed by atoms with E-state index >= 15 is 0 Å². The van der Waals surface area contributed by atoms with E-state index in [4.69, 9.17) is 10.2 Å². The van der Waals surface area contributed by atoms with Crippen molar-refractivity contribution >= 4 is 12.2 Å². The first-order valence-electron chi connectivity index (χ1n) is 3.98. The van der Waals surface area contributed by atoms with Crippen molar-refractivity contribution in [2.24, 2.45) is 5.41 Å².